The highest BCUT2D eigenvalue weighted by atomic mass is 32.1. The molecule has 1 atom stereocenters. The lowest BCUT2D eigenvalue weighted by atomic mass is 9.87. The van der Waals surface area contributed by atoms with Crippen LogP contribution in [0.3, 0.4) is 0 Å². The molecule has 20 heavy (non-hydrogen) atoms. The summed E-state index contributed by atoms with van der Waals surface area (Å²) in [7, 11) is 0. The normalized spacial score (nSPS) is 23.4. The number of hydrogen-bond donors (Lipinski definition) is 1. The molecule has 1 amide bonds. The number of nitriles is 1. The Morgan fingerprint density at radius 3 is 2.90 bits per heavy atom. The number of rotatable bonds is 2. The first kappa shape index (κ1) is 13.6. The summed E-state index contributed by atoms with van der Waals surface area (Å²) in [5.74, 6) is 0.626. The Balaban J connectivity index is 1.87. The highest BCUT2D eigenvalue weighted by molar-refractivity contribution is 7.16. The average Bonchev–Trinajstić information content (AvgIpc) is 2.71. The van der Waals surface area contributed by atoms with Crippen molar-refractivity contribution < 1.29 is 9.53 Å². The molecule has 0 aromatic carbocycles. The number of nitrogens with one attached hydrogen (secondary N) is 1. The van der Waals surface area contributed by atoms with Crippen LogP contribution in [0, 0.1) is 22.7 Å². The van der Waals surface area contributed by atoms with Crippen molar-refractivity contribution in [3.8, 4) is 6.07 Å². The van der Waals surface area contributed by atoms with Gasteiger partial charge in [0, 0.05) is 4.88 Å². The van der Waals surface area contributed by atoms with Crippen LogP contribution < -0.4 is 5.32 Å². The predicted octanol–water partition coefficient (Wildman–Crippen LogP) is 2.72. The molecule has 0 bridgehead atoms. The van der Waals surface area contributed by atoms with Gasteiger partial charge in [0.2, 0.25) is 5.91 Å². The molecule has 5 heteroatoms. The van der Waals surface area contributed by atoms with Gasteiger partial charge in [-0.3, -0.25) is 4.79 Å². The van der Waals surface area contributed by atoms with E-state index in [9.17, 15) is 10.1 Å². The third-order valence-corrected chi connectivity index (χ3v) is 5.41. The number of anilines is 1. The number of carbonyl (C=O) groups excluding carboxylic acids is 1. The third kappa shape index (κ3) is 2.13. The van der Waals surface area contributed by atoms with Crippen LogP contribution >= 0.6 is 11.3 Å². The molecule has 1 aromatic rings. The van der Waals surface area contributed by atoms with Gasteiger partial charge in [0.15, 0.2) is 0 Å². The molecule has 1 aromatic heterocycles. The Morgan fingerprint density at radius 1 is 1.55 bits per heavy atom. The molecular weight excluding hydrogens is 272 g/mol. The Bertz CT molecular complexity index is 596. The van der Waals surface area contributed by atoms with Gasteiger partial charge in [-0.1, -0.05) is 6.92 Å². The van der Waals surface area contributed by atoms with Crippen molar-refractivity contribution in [1.82, 2.24) is 0 Å². The third-order valence-electron chi connectivity index (χ3n) is 4.24. The summed E-state index contributed by atoms with van der Waals surface area (Å²) in [6.45, 7) is 5.05. The molecule has 1 N–H and O–H groups in total. The molecule has 0 spiro atoms. The molecule has 4 nitrogen and oxygen atoms in total. The van der Waals surface area contributed by atoms with Gasteiger partial charge >= 0.3 is 0 Å². The summed E-state index contributed by atoms with van der Waals surface area (Å²) in [6, 6.07) is 2.28. The lowest BCUT2D eigenvalue weighted by Gasteiger charge is -2.36. The number of amides is 1. The first-order valence-corrected chi connectivity index (χ1v) is 7.79. The zero-order valence-electron chi connectivity index (χ0n) is 11.8. The monoisotopic (exact) mass is 290 g/mol. The maximum atomic E-state index is 12.3. The van der Waals surface area contributed by atoms with Crippen molar-refractivity contribution in [2.75, 3.05) is 18.5 Å². The largest absolute Gasteiger partial charge is 0.379 e. The summed E-state index contributed by atoms with van der Waals surface area (Å²) in [6.07, 6.45) is 3.09. The highest BCUT2D eigenvalue weighted by Gasteiger charge is 2.41. The number of ether oxygens (including phenoxy) is 1. The molecule has 0 radical (unpaired) electrons. The standard InChI is InChI=1S/C15H18N2O2S/c1-9-3-4-10-11(6-16)13(20-12(10)5-9)17-14(18)15(2)7-19-8-15/h9H,3-5,7-8H2,1-2H3,(H,17,18). The van der Waals surface area contributed by atoms with E-state index in [-0.39, 0.29) is 5.91 Å². The zero-order valence-corrected chi connectivity index (χ0v) is 12.6. The van der Waals surface area contributed by atoms with E-state index < -0.39 is 5.41 Å². The van der Waals surface area contributed by atoms with E-state index in [1.165, 1.54) is 4.88 Å². The molecule has 1 fully saturated rings. The van der Waals surface area contributed by atoms with Crippen LogP contribution in [0.25, 0.3) is 0 Å². The van der Waals surface area contributed by atoms with Crippen LogP contribution in [0.1, 0.15) is 36.3 Å². The minimum Gasteiger partial charge on any atom is -0.379 e. The van der Waals surface area contributed by atoms with Crippen LogP contribution in [-0.4, -0.2) is 19.1 Å². The molecule has 2 aliphatic rings. The lowest BCUT2D eigenvalue weighted by molar-refractivity contribution is -0.151. The molecular formula is C15H18N2O2S. The van der Waals surface area contributed by atoms with Gasteiger partial charge in [-0.2, -0.15) is 5.26 Å². The van der Waals surface area contributed by atoms with Crippen LogP contribution in [0.2, 0.25) is 0 Å². The molecule has 106 valence electrons. The average molecular weight is 290 g/mol. The van der Waals surface area contributed by atoms with Crippen molar-refractivity contribution in [2.45, 2.75) is 33.1 Å². The molecule has 2 heterocycles. The quantitative estimate of drug-likeness (QED) is 0.911. The fraction of sp³-hybridized carbons (Fsp3) is 0.600. The van der Waals surface area contributed by atoms with Gasteiger partial charge in [-0.05, 0) is 37.7 Å². The van der Waals surface area contributed by atoms with Gasteiger partial charge in [-0.15, -0.1) is 11.3 Å². The molecule has 0 saturated carbocycles. The predicted molar refractivity (Wildman–Crippen MR) is 77.8 cm³/mol. The van der Waals surface area contributed by atoms with Gasteiger partial charge in [0.05, 0.1) is 24.2 Å². The molecule has 1 saturated heterocycles. The van der Waals surface area contributed by atoms with E-state index in [1.807, 2.05) is 6.92 Å². The number of hydrogen-bond acceptors (Lipinski definition) is 4. The number of nitrogens with zero attached hydrogens (tertiary/aromatic N) is 1. The molecule has 1 aliphatic carbocycles. The van der Waals surface area contributed by atoms with Gasteiger partial charge in [-0.25, -0.2) is 0 Å². The Hall–Kier alpha value is -1.38. The smallest absolute Gasteiger partial charge is 0.235 e. The second-order valence-electron chi connectivity index (χ2n) is 6.18. The van der Waals surface area contributed by atoms with Crippen molar-refractivity contribution in [3.05, 3.63) is 16.0 Å². The summed E-state index contributed by atoms with van der Waals surface area (Å²) in [4.78, 5) is 13.5. The first-order valence-electron chi connectivity index (χ1n) is 6.97. The summed E-state index contributed by atoms with van der Waals surface area (Å²) in [5.41, 5.74) is 1.39. The van der Waals surface area contributed by atoms with E-state index in [0.29, 0.717) is 24.7 Å². The molecule has 3 rings (SSSR count). The number of fused-ring (bicyclic) bond motifs is 1. The lowest BCUT2D eigenvalue weighted by Crippen LogP contribution is -2.49. The van der Waals surface area contributed by atoms with E-state index in [2.05, 4.69) is 18.3 Å². The van der Waals surface area contributed by atoms with E-state index in [4.69, 9.17) is 4.74 Å². The minimum absolute atomic E-state index is 0.0353. The number of carbonyl (C=O) groups is 1. The van der Waals surface area contributed by atoms with Crippen LogP contribution in [0.5, 0.6) is 0 Å². The fourth-order valence-corrected chi connectivity index (χ4v) is 4.11. The van der Waals surface area contributed by atoms with E-state index in [0.717, 1.165) is 29.8 Å². The fourth-order valence-electron chi connectivity index (χ4n) is 2.75. The van der Waals surface area contributed by atoms with Crippen molar-refractivity contribution in [2.24, 2.45) is 11.3 Å². The maximum absolute atomic E-state index is 12.3. The van der Waals surface area contributed by atoms with Gasteiger partial charge in [0.1, 0.15) is 11.1 Å². The summed E-state index contributed by atoms with van der Waals surface area (Å²) < 4.78 is 5.13. The topological polar surface area (TPSA) is 62.1 Å². The summed E-state index contributed by atoms with van der Waals surface area (Å²) in [5, 5.41) is 13.1. The van der Waals surface area contributed by atoms with Crippen molar-refractivity contribution in [1.29, 1.82) is 5.26 Å². The first-order chi connectivity index (χ1) is 9.53. The highest BCUT2D eigenvalue weighted by Crippen LogP contribution is 2.40. The van der Waals surface area contributed by atoms with Crippen molar-refractivity contribution >= 4 is 22.2 Å². The van der Waals surface area contributed by atoms with Crippen LogP contribution in [0.15, 0.2) is 0 Å². The Morgan fingerprint density at radius 2 is 2.30 bits per heavy atom. The Kier molecular flexibility index (Phi) is 3.31. The maximum Gasteiger partial charge on any atom is 0.235 e. The molecule has 1 aliphatic heterocycles. The van der Waals surface area contributed by atoms with Crippen LogP contribution in [0.4, 0.5) is 5.00 Å². The second kappa shape index (κ2) is 4.87. The SMILES string of the molecule is CC1CCc2c(sc(NC(=O)C3(C)COC3)c2C#N)C1. The van der Waals surface area contributed by atoms with Gasteiger partial charge in [0.25, 0.3) is 0 Å². The van der Waals surface area contributed by atoms with E-state index >= 15 is 0 Å². The summed E-state index contributed by atoms with van der Waals surface area (Å²) >= 11 is 1.57. The zero-order chi connectivity index (χ0) is 14.3. The Labute approximate surface area is 122 Å². The number of thiophene rings is 1. The van der Waals surface area contributed by atoms with Crippen molar-refractivity contribution in [3.63, 3.8) is 0 Å². The van der Waals surface area contributed by atoms with Crippen LogP contribution in [-0.2, 0) is 22.4 Å². The molecule has 1 unspecified atom stereocenters. The minimum atomic E-state index is -0.440. The van der Waals surface area contributed by atoms with Gasteiger partial charge < -0.3 is 10.1 Å². The van der Waals surface area contributed by atoms with E-state index in [1.54, 1.807) is 11.3 Å². The second-order valence-corrected chi connectivity index (χ2v) is 7.28.